The molecule has 0 fully saturated rings. The van der Waals surface area contributed by atoms with Crippen molar-refractivity contribution in [2.45, 2.75) is 18.2 Å². The second-order valence-corrected chi connectivity index (χ2v) is 5.12. The van der Waals surface area contributed by atoms with Crippen molar-refractivity contribution in [1.29, 1.82) is 0 Å². The standard InChI is InChI=1S/C9H11O3P.C2H5.Li/c1-2-8-3-5-9(6-4-8)7-13(10,11)12;1-2;/h2-6H,1,7H2,(H2,10,11,12);1H2,2H3;. The fraction of sp³-hybridized carbons (Fsp3) is 0.273. The van der Waals surface area contributed by atoms with Crippen molar-refractivity contribution in [3.05, 3.63) is 42.0 Å². The Balaban J connectivity index is 0.000000673. The van der Waals surface area contributed by atoms with Gasteiger partial charge in [0, 0.05) is 0 Å². The Kier molecular flexibility index (Phi) is 7.75. The number of hydrogen-bond donors (Lipinski definition) is 2. The van der Waals surface area contributed by atoms with Crippen molar-refractivity contribution < 1.29 is 14.4 Å². The van der Waals surface area contributed by atoms with Crippen molar-refractivity contribution in [2.75, 3.05) is 0 Å². The van der Waals surface area contributed by atoms with Crippen LogP contribution in [-0.2, 0) is 10.7 Å². The van der Waals surface area contributed by atoms with Gasteiger partial charge in [0.15, 0.2) is 0 Å². The van der Waals surface area contributed by atoms with E-state index in [9.17, 15) is 4.57 Å². The summed E-state index contributed by atoms with van der Waals surface area (Å²) in [6.07, 6.45) is 1.48. The van der Waals surface area contributed by atoms with Crippen LogP contribution in [0.4, 0.5) is 0 Å². The fourth-order valence-electron chi connectivity index (χ4n) is 0.997. The van der Waals surface area contributed by atoms with Crippen LogP contribution in [0.5, 0.6) is 0 Å². The summed E-state index contributed by atoms with van der Waals surface area (Å²) in [5.74, 6) is 0. The molecule has 3 nitrogen and oxygen atoms in total. The molecule has 0 aliphatic heterocycles. The molecule has 5 heteroatoms. The molecule has 0 bridgehead atoms. The first-order chi connectivity index (χ1) is 7.42. The molecule has 0 aliphatic rings. The van der Waals surface area contributed by atoms with E-state index in [2.05, 4.69) is 31.2 Å². The summed E-state index contributed by atoms with van der Waals surface area (Å²) < 4.78 is 10.6. The molecule has 1 aromatic rings. The van der Waals surface area contributed by atoms with Gasteiger partial charge in [-0.2, -0.15) is 0 Å². The molecule has 0 amide bonds. The maximum atomic E-state index is 10.6. The van der Waals surface area contributed by atoms with Crippen molar-refractivity contribution in [3.8, 4) is 0 Å². The third kappa shape index (κ3) is 7.93. The molecule has 0 aromatic heterocycles. The number of benzene rings is 1. The Labute approximate surface area is 106 Å². The average Bonchev–Trinajstić information content (AvgIpc) is 2.18. The third-order valence-electron chi connectivity index (χ3n) is 1.60. The molecule has 1 aromatic carbocycles. The topological polar surface area (TPSA) is 57.5 Å². The van der Waals surface area contributed by atoms with Crippen LogP contribution in [0.2, 0.25) is 5.09 Å². The molecular weight excluding hydrogens is 218 g/mol. The molecule has 16 heavy (non-hydrogen) atoms. The molecule has 2 N–H and O–H groups in total. The van der Waals surface area contributed by atoms with Crippen molar-refractivity contribution in [1.82, 2.24) is 0 Å². The van der Waals surface area contributed by atoms with Crippen LogP contribution < -0.4 is 0 Å². The maximum absolute atomic E-state index is 10.6. The zero-order valence-electron chi connectivity index (χ0n) is 9.76. The zero-order valence-corrected chi connectivity index (χ0v) is 10.7. The Hall–Kier alpha value is -0.293. The van der Waals surface area contributed by atoms with Gasteiger partial charge in [0.25, 0.3) is 0 Å². The molecule has 0 unspecified atom stereocenters. The van der Waals surface area contributed by atoms with E-state index in [0.717, 1.165) is 5.56 Å². The van der Waals surface area contributed by atoms with Crippen LogP contribution in [0.15, 0.2) is 30.8 Å². The van der Waals surface area contributed by atoms with Gasteiger partial charge in [0.05, 0.1) is 6.16 Å². The Bertz CT molecular complexity index is 356. The number of hydrogen-bond acceptors (Lipinski definition) is 1. The Morgan fingerprint density at radius 1 is 1.38 bits per heavy atom. The van der Waals surface area contributed by atoms with Crippen LogP contribution in [0.25, 0.3) is 6.08 Å². The van der Waals surface area contributed by atoms with E-state index in [4.69, 9.17) is 9.79 Å². The van der Waals surface area contributed by atoms with Gasteiger partial charge in [-0.3, -0.25) is 4.57 Å². The third-order valence-corrected chi connectivity index (χ3v) is 2.38. The van der Waals surface area contributed by atoms with Crippen LogP contribution in [0, 0.1) is 0 Å². The van der Waals surface area contributed by atoms with Crippen LogP contribution in [0.3, 0.4) is 0 Å². The summed E-state index contributed by atoms with van der Waals surface area (Å²) in [7, 11) is -3.94. The molecule has 0 radical (unpaired) electrons. The molecule has 0 heterocycles. The summed E-state index contributed by atoms with van der Waals surface area (Å²) >= 11 is 2.12. The first kappa shape index (κ1) is 15.7. The molecule has 0 atom stereocenters. The van der Waals surface area contributed by atoms with Gasteiger partial charge in [-0.25, -0.2) is 0 Å². The quantitative estimate of drug-likeness (QED) is 0.624. The van der Waals surface area contributed by atoms with Gasteiger partial charge in [-0.1, -0.05) is 36.9 Å². The van der Waals surface area contributed by atoms with Gasteiger partial charge in [-0.15, -0.1) is 0 Å². The van der Waals surface area contributed by atoms with Gasteiger partial charge >= 0.3 is 37.3 Å². The minimum atomic E-state index is -3.94. The second kappa shape index (κ2) is 7.90. The van der Waals surface area contributed by atoms with E-state index in [1.54, 1.807) is 30.3 Å². The Morgan fingerprint density at radius 3 is 2.12 bits per heavy atom. The second-order valence-electron chi connectivity index (χ2n) is 3.48. The normalized spacial score (nSPS) is 10.3. The predicted octanol–water partition coefficient (Wildman–Crippen LogP) is 2.60. The summed E-state index contributed by atoms with van der Waals surface area (Å²) in [6, 6.07) is 6.93. The van der Waals surface area contributed by atoms with E-state index >= 15 is 0 Å². The van der Waals surface area contributed by atoms with Crippen molar-refractivity contribution in [2.24, 2.45) is 0 Å². The van der Waals surface area contributed by atoms with E-state index < -0.39 is 7.60 Å². The molecule has 84 valence electrons. The van der Waals surface area contributed by atoms with E-state index in [0.29, 0.717) is 5.56 Å². The van der Waals surface area contributed by atoms with E-state index in [1.165, 1.54) is 5.09 Å². The SMILES string of the molecule is C=Cc1ccc(CP(=O)(O)O)cc1.[Li][CH2]C. The molecule has 0 saturated carbocycles. The average molecular weight is 234 g/mol. The van der Waals surface area contributed by atoms with Crippen molar-refractivity contribution >= 4 is 31.4 Å². The van der Waals surface area contributed by atoms with Crippen LogP contribution in [-0.4, -0.2) is 27.5 Å². The number of rotatable bonds is 3. The summed E-state index contributed by atoms with van der Waals surface area (Å²) in [6.45, 7) is 5.71. The predicted molar refractivity (Wildman–Crippen MR) is 68.5 cm³/mol. The Morgan fingerprint density at radius 2 is 1.81 bits per heavy atom. The molecule has 0 saturated heterocycles. The summed E-state index contributed by atoms with van der Waals surface area (Å²) in [5, 5.41) is 1.25. The van der Waals surface area contributed by atoms with Gasteiger partial charge < -0.3 is 9.79 Å². The van der Waals surface area contributed by atoms with Crippen LogP contribution >= 0.6 is 7.60 Å². The first-order valence-electron chi connectivity index (χ1n) is 5.18. The summed E-state index contributed by atoms with van der Waals surface area (Å²) in [5.41, 5.74) is 1.58. The van der Waals surface area contributed by atoms with Gasteiger partial charge in [0.1, 0.15) is 0 Å². The zero-order chi connectivity index (χ0) is 12.6. The molecule has 0 spiro atoms. The fourth-order valence-corrected chi connectivity index (χ4v) is 1.68. The minimum absolute atomic E-state index is 0.204. The molecular formula is C11H16LiO3P. The van der Waals surface area contributed by atoms with E-state index in [-0.39, 0.29) is 6.16 Å². The van der Waals surface area contributed by atoms with Gasteiger partial charge in [0.2, 0.25) is 0 Å². The van der Waals surface area contributed by atoms with Crippen LogP contribution in [0.1, 0.15) is 18.1 Å². The monoisotopic (exact) mass is 234 g/mol. The van der Waals surface area contributed by atoms with E-state index in [1.807, 2.05) is 0 Å². The molecule has 1 rings (SSSR count). The van der Waals surface area contributed by atoms with Crippen molar-refractivity contribution in [3.63, 3.8) is 0 Å². The van der Waals surface area contributed by atoms with Gasteiger partial charge in [-0.05, 0) is 11.1 Å². The summed E-state index contributed by atoms with van der Waals surface area (Å²) in [4.78, 5) is 17.4. The molecule has 0 aliphatic carbocycles. The first-order valence-corrected chi connectivity index (χ1v) is 6.98.